The maximum absolute atomic E-state index is 14.1. The number of β-amino-alcohol motifs (C(OH)–C–C–N with tert-alkyl or cyclic N) is 1. The van der Waals surface area contributed by atoms with Crippen LogP contribution >= 0.6 is 11.3 Å². The molecular formula is C29H36N6O3S. The molecule has 1 aliphatic heterocycles. The van der Waals surface area contributed by atoms with E-state index in [0.717, 1.165) is 65.9 Å². The predicted molar refractivity (Wildman–Crippen MR) is 148 cm³/mol. The molecule has 0 radical (unpaired) electrons. The molecule has 0 spiro atoms. The zero-order valence-electron chi connectivity index (χ0n) is 22.3. The highest BCUT2D eigenvalue weighted by atomic mass is 32.1. The Balaban J connectivity index is 1.15. The van der Waals surface area contributed by atoms with Gasteiger partial charge in [0.25, 0.3) is 0 Å². The number of aliphatic hydroxyl groups is 1. The van der Waals surface area contributed by atoms with Crippen LogP contribution in [0.4, 0.5) is 0 Å². The van der Waals surface area contributed by atoms with Gasteiger partial charge in [0.15, 0.2) is 0 Å². The number of hydrogen-bond donors (Lipinski definition) is 2. The summed E-state index contributed by atoms with van der Waals surface area (Å²) in [5.41, 5.74) is 5.88. The first-order valence-electron chi connectivity index (χ1n) is 14.2. The molecule has 2 amide bonds. The lowest BCUT2D eigenvalue weighted by Crippen LogP contribution is -2.49. The van der Waals surface area contributed by atoms with Gasteiger partial charge >= 0.3 is 0 Å². The first kappa shape index (κ1) is 26.1. The average Bonchev–Trinajstić information content (AvgIpc) is 3.32. The lowest BCUT2D eigenvalue weighted by Gasteiger charge is -2.33. The van der Waals surface area contributed by atoms with Crippen LogP contribution in [0.2, 0.25) is 0 Å². The molecule has 0 bridgehead atoms. The molecule has 2 saturated carbocycles. The van der Waals surface area contributed by atoms with Gasteiger partial charge in [0, 0.05) is 31.6 Å². The highest BCUT2D eigenvalue weighted by molar-refractivity contribution is 7.13. The molecule has 2 aliphatic carbocycles. The summed E-state index contributed by atoms with van der Waals surface area (Å²) in [6, 6.07) is 6.89. The number of hydrogen-bond acceptors (Lipinski definition) is 7. The highest BCUT2D eigenvalue weighted by Crippen LogP contribution is 2.40. The van der Waals surface area contributed by atoms with Crippen molar-refractivity contribution in [3.8, 4) is 10.4 Å². The molecule has 3 aliphatic rings. The minimum absolute atomic E-state index is 0.130. The number of amides is 2. The molecule has 3 heterocycles. The van der Waals surface area contributed by atoms with Crippen LogP contribution < -0.4 is 5.32 Å². The van der Waals surface area contributed by atoms with Crippen molar-refractivity contribution in [3.05, 3.63) is 52.9 Å². The van der Waals surface area contributed by atoms with E-state index in [-0.39, 0.29) is 30.7 Å². The topological polar surface area (TPSA) is 113 Å². The number of rotatable bonds is 8. The number of carbonyl (C=O) groups excluding carboxylic acids is 2. The monoisotopic (exact) mass is 548 g/mol. The molecular weight excluding hydrogens is 512 g/mol. The Bertz CT molecular complexity index is 1310. The predicted octanol–water partition coefficient (Wildman–Crippen LogP) is 3.99. The first-order valence-corrected chi connectivity index (χ1v) is 15.0. The van der Waals surface area contributed by atoms with Crippen LogP contribution in [0.25, 0.3) is 10.4 Å². The molecule has 206 valence electrons. The number of aryl methyl sites for hydroxylation is 1. The summed E-state index contributed by atoms with van der Waals surface area (Å²) in [6.45, 7) is 2.51. The summed E-state index contributed by atoms with van der Waals surface area (Å²) in [6.07, 6.45) is 8.97. The summed E-state index contributed by atoms with van der Waals surface area (Å²) in [4.78, 5) is 34.5. The molecule has 3 aromatic rings. The minimum Gasteiger partial charge on any atom is -0.391 e. The molecule has 39 heavy (non-hydrogen) atoms. The Morgan fingerprint density at radius 1 is 1.13 bits per heavy atom. The number of aromatic nitrogens is 4. The van der Waals surface area contributed by atoms with E-state index in [9.17, 15) is 14.7 Å². The van der Waals surface area contributed by atoms with Crippen molar-refractivity contribution >= 4 is 23.2 Å². The third-order valence-corrected chi connectivity index (χ3v) is 9.43. The minimum atomic E-state index is -0.726. The zero-order valence-corrected chi connectivity index (χ0v) is 23.1. The zero-order chi connectivity index (χ0) is 26.9. The quantitative estimate of drug-likeness (QED) is 0.440. The molecule has 3 atom stereocenters. The molecule has 3 fully saturated rings. The Kier molecular flexibility index (Phi) is 7.49. The van der Waals surface area contributed by atoms with E-state index in [4.69, 9.17) is 0 Å². The van der Waals surface area contributed by atoms with E-state index in [1.165, 1.54) is 6.42 Å². The van der Waals surface area contributed by atoms with Gasteiger partial charge in [-0.25, -0.2) is 9.67 Å². The van der Waals surface area contributed by atoms with Gasteiger partial charge in [-0.2, -0.15) is 0 Å². The number of thiazole rings is 1. The maximum atomic E-state index is 14.1. The Morgan fingerprint density at radius 3 is 2.59 bits per heavy atom. The Hall–Kier alpha value is -3.11. The average molecular weight is 549 g/mol. The molecule has 2 N–H and O–H groups in total. The van der Waals surface area contributed by atoms with Crippen LogP contribution in [-0.2, 0) is 16.1 Å². The second kappa shape index (κ2) is 11.2. The van der Waals surface area contributed by atoms with Crippen LogP contribution in [0.5, 0.6) is 0 Å². The van der Waals surface area contributed by atoms with E-state index in [2.05, 4.69) is 20.6 Å². The third-order valence-electron chi connectivity index (χ3n) is 8.45. The molecule has 6 rings (SSSR count). The Labute approximate surface area is 232 Å². The Morgan fingerprint density at radius 2 is 1.90 bits per heavy atom. The van der Waals surface area contributed by atoms with Gasteiger partial charge in [0.05, 0.1) is 27.9 Å². The fraction of sp³-hybridized carbons (Fsp3) is 0.552. The van der Waals surface area contributed by atoms with Crippen molar-refractivity contribution in [2.24, 2.45) is 5.92 Å². The van der Waals surface area contributed by atoms with Gasteiger partial charge in [-0.3, -0.25) is 9.59 Å². The third kappa shape index (κ3) is 5.63. The van der Waals surface area contributed by atoms with Crippen LogP contribution in [-0.4, -0.2) is 60.5 Å². The summed E-state index contributed by atoms with van der Waals surface area (Å²) >= 11 is 1.61. The molecule has 1 unspecified atom stereocenters. The van der Waals surface area contributed by atoms with E-state index in [1.54, 1.807) is 20.9 Å². The number of aliphatic hydroxyl groups excluding tert-OH is 1. The first-order chi connectivity index (χ1) is 19.0. The van der Waals surface area contributed by atoms with Gasteiger partial charge in [-0.15, -0.1) is 16.4 Å². The van der Waals surface area contributed by atoms with Crippen LogP contribution in [0, 0.1) is 12.8 Å². The van der Waals surface area contributed by atoms with Gasteiger partial charge in [0.1, 0.15) is 12.1 Å². The largest absolute Gasteiger partial charge is 0.391 e. The van der Waals surface area contributed by atoms with Crippen molar-refractivity contribution in [3.63, 3.8) is 0 Å². The number of carbonyl (C=O) groups is 2. The SMILES string of the molecule is Cc1ncsc1-c1ccc(CNC(=O)[C@@H]2C[C@@H](O)CN2C(=O)C(C2CCCCC2)n2cc(C3CC3)nn2)cc1. The number of nitrogens with zero attached hydrogens (tertiary/aromatic N) is 5. The van der Waals surface area contributed by atoms with Crippen molar-refractivity contribution in [1.29, 1.82) is 0 Å². The highest BCUT2D eigenvalue weighted by Gasteiger charge is 2.44. The maximum Gasteiger partial charge on any atom is 0.248 e. The van der Waals surface area contributed by atoms with Crippen molar-refractivity contribution < 1.29 is 14.7 Å². The smallest absolute Gasteiger partial charge is 0.248 e. The molecule has 2 aromatic heterocycles. The number of benzene rings is 1. The van der Waals surface area contributed by atoms with Gasteiger partial charge in [0.2, 0.25) is 11.8 Å². The van der Waals surface area contributed by atoms with Crippen LogP contribution in [0.3, 0.4) is 0 Å². The number of likely N-dealkylation sites (tertiary alicyclic amines) is 1. The fourth-order valence-corrected chi connectivity index (χ4v) is 6.92. The molecule has 9 nitrogen and oxygen atoms in total. The van der Waals surface area contributed by atoms with Crippen molar-refractivity contribution in [1.82, 2.24) is 30.2 Å². The van der Waals surface area contributed by atoms with Crippen molar-refractivity contribution in [2.75, 3.05) is 6.54 Å². The van der Waals surface area contributed by atoms with E-state index >= 15 is 0 Å². The normalized spacial score (nSPS) is 22.7. The van der Waals surface area contributed by atoms with Crippen molar-refractivity contribution in [2.45, 2.75) is 88.9 Å². The fourth-order valence-electron chi connectivity index (χ4n) is 6.11. The second-order valence-electron chi connectivity index (χ2n) is 11.3. The summed E-state index contributed by atoms with van der Waals surface area (Å²) in [5, 5.41) is 22.3. The summed E-state index contributed by atoms with van der Waals surface area (Å²) in [7, 11) is 0. The van der Waals surface area contributed by atoms with E-state index in [0.29, 0.717) is 12.5 Å². The molecule has 1 saturated heterocycles. The number of nitrogens with one attached hydrogen (secondary N) is 1. The van der Waals surface area contributed by atoms with E-state index < -0.39 is 18.2 Å². The van der Waals surface area contributed by atoms with Gasteiger partial charge in [-0.1, -0.05) is 48.7 Å². The van der Waals surface area contributed by atoms with Crippen LogP contribution in [0.1, 0.15) is 80.3 Å². The summed E-state index contributed by atoms with van der Waals surface area (Å²) in [5.74, 6) is 0.243. The van der Waals surface area contributed by atoms with Gasteiger partial charge < -0.3 is 15.3 Å². The van der Waals surface area contributed by atoms with Gasteiger partial charge in [-0.05, 0) is 49.7 Å². The standard InChI is InChI=1S/C29H36N6O3S/c1-18-27(39-17-31-18)22-9-7-19(8-10-22)14-30-28(37)25-13-23(36)15-34(25)29(38)26(21-5-3-2-4-6-21)35-16-24(32-33-35)20-11-12-20/h7-10,16-17,20-21,23,25-26,36H,2-6,11-15H2,1H3,(H,30,37)/t23-,25+,26?/m1/s1. The summed E-state index contributed by atoms with van der Waals surface area (Å²) < 4.78 is 1.75. The van der Waals surface area contributed by atoms with E-state index in [1.807, 2.05) is 42.9 Å². The lowest BCUT2D eigenvalue weighted by molar-refractivity contribution is -0.143. The molecule has 10 heteroatoms. The second-order valence-corrected chi connectivity index (χ2v) is 12.2. The van der Waals surface area contributed by atoms with Crippen LogP contribution in [0.15, 0.2) is 36.0 Å². The lowest BCUT2D eigenvalue weighted by atomic mass is 9.83. The molecule has 1 aromatic carbocycles.